The third kappa shape index (κ3) is 3.94. The highest BCUT2D eigenvalue weighted by atomic mass is 16.6. The van der Waals surface area contributed by atoms with E-state index in [0.29, 0.717) is 17.8 Å². The Morgan fingerprint density at radius 1 is 1.35 bits per heavy atom. The lowest BCUT2D eigenvalue weighted by molar-refractivity contribution is -0.384. The Labute approximate surface area is 118 Å². The molecular weight excluding hydrogens is 258 g/mol. The van der Waals surface area contributed by atoms with Gasteiger partial charge in [-0.3, -0.25) is 14.9 Å². The summed E-state index contributed by atoms with van der Waals surface area (Å²) in [5.74, 6) is -0.200. The number of carbonyl (C=O) groups excluding carboxylic acids is 1. The molecule has 6 nitrogen and oxygen atoms in total. The standard InChI is InChI=1S/C14H21N3O3/c1-4-8-15-13-7-6-11(17(19)20)10-12(13)14(18)16(3)9-5-2/h6-7,10,15H,4-5,8-9H2,1-3H3. The first-order valence-corrected chi connectivity index (χ1v) is 6.79. The Morgan fingerprint density at radius 2 is 2.05 bits per heavy atom. The van der Waals surface area contributed by atoms with E-state index in [2.05, 4.69) is 5.32 Å². The molecule has 0 heterocycles. The summed E-state index contributed by atoms with van der Waals surface area (Å²) in [5.41, 5.74) is 0.925. The van der Waals surface area contributed by atoms with Crippen molar-refractivity contribution in [3.8, 4) is 0 Å². The van der Waals surface area contributed by atoms with Crippen molar-refractivity contribution >= 4 is 17.3 Å². The highest BCUT2D eigenvalue weighted by molar-refractivity contribution is 6.00. The number of nitrogens with one attached hydrogen (secondary N) is 1. The van der Waals surface area contributed by atoms with Crippen LogP contribution in [0.15, 0.2) is 18.2 Å². The van der Waals surface area contributed by atoms with Crippen molar-refractivity contribution in [2.45, 2.75) is 26.7 Å². The molecule has 1 aromatic carbocycles. The van der Waals surface area contributed by atoms with Crippen molar-refractivity contribution in [3.05, 3.63) is 33.9 Å². The van der Waals surface area contributed by atoms with Crippen LogP contribution in [0.25, 0.3) is 0 Å². The largest absolute Gasteiger partial charge is 0.384 e. The van der Waals surface area contributed by atoms with Crippen LogP contribution in [0.2, 0.25) is 0 Å². The van der Waals surface area contributed by atoms with Gasteiger partial charge in [0, 0.05) is 38.0 Å². The predicted octanol–water partition coefficient (Wildman–Crippen LogP) is 2.90. The average Bonchev–Trinajstić information content (AvgIpc) is 2.44. The fraction of sp³-hybridized carbons (Fsp3) is 0.500. The lowest BCUT2D eigenvalue weighted by Gasteiger charge is -2.18. The molecule has 0 aromatic heterocycles. The van der Waals surface area contributed by atoms with Gasteiger partial charge in [0.2, 0.25) is 0 Å². The number of amides is 1. The Morgan fingerprint density at radius 3 is 2.60 bits per heavy atom. The number of hydrogen-bond donors (Lipinski definition) is 1. The predicted molar refractivity (Wildman–Crippen MR) is 79.1 cm³/mol. The van der Waals surface area contributed by atoms with Crippen LogP contribution in [-0.2, 0) is 0 Å². The zero-order chi connectivity index (χ0) is 15.1. The molecule has 0 saturated heterocycles. The van der Waals surface area contributed by atoms with Gasteiger partial charge in [-0.2, -0.15) is 0 Å². The van der Waals surface area contributed by atoms with Gasteiger partial charge in [-0.25, -0.2) is 0 Å². The molecule has 0 atom stereocenters. The first-order chi connectivity index (χ1) is 9.51. The Balaban J connectivity index is 3.13. The lowest BCUT2D eigenvalue weighted by atomic mass is 10.1. The van der Waals surface area contributed by atoms with E-state index in [0.717, 1.165) is 19.4 Å². The third-order valence-electron chi connectivity index (χ3n) is 2.92. The molecule has 1 N–H and O–H groups in total. The second-order valence-corrected chi connectivity index (χ2v) is 4.64. The van der Waals surface area contributed by atoms with Crippen molar-refractivity contribution in [2.24, 2.45) is 0 Å². The summed E-state index contributed by atoms with van der Waals surface area (Å²) in [7, 11) is 1.70. The van der Waals surface area contributed by atoms with Crippen molar-refractivity contribution in [1.82, 2.24) is 4.90 Å². The monoisotopic (exact) mass is 279 g/mol. The SMILES string of the molecule is CCCNc1ccc([N+](=O)[O-])cc1C(=O)N(C)CCC. The highest BCUT2D eigenvalue weighted by Crippen LogP contribution is 2.23. The highest BCUT2D eigenvalue weighted by Gasteiger charge is 2.19. The first kappa shape index (κ1) is 15.9. The zero-order valence-electron chi connectivity index (χ0n) is 12.2. The topological polar surface area (TPSA) is 75.5 Å². The summed E-state index contributed by atoms with van der Waals surface area (Å²) >= 11 is 0. The van der Waals surface area contributed by atoms with Gasteiger partial charge in [0.15, 0.2) is 0 Å². The average molecular weight is 279 g/mol. The summed E-state index contributed by atoms with van der Waals surface area (Å²) in [6, 6.07) is 4.35. The zero-order valence-corrected chi connectivity index (χ0v) is 12.2. The maximum absolute atomic E-state index is 12.4. The molecule has 0 spiro atoms. The number of rotatable bonds is 7. The van der Waals surface area contributed by atoms with Gasteiger partial charge in [0.25, 0.3) is 11.6 Å². The number of nitro groups is 1. The van der Waals surface area contributed by atoms with Crippen molar-refractivity contribution in [1.29, 1.82) is 0 Å². The van der Waals surface area contributed by atoms with Crippen molar-refractivity contribution in [3.63, 3.8) is 0 Å². The molecule has 0 fully saturated rings. The summed E-state index contributed by atoms with van der Waals surface area (Å²) in [4.78, 5) is 24.3. The summed E-state index contributed by atoms with van der Waals surface area (Å²) < 4.78 is 0. The van der Waals surface area contributed by atoms with Gasteiger partial charge in [0.05, 0.1) is 10.5 Å². The van der Waals surface area contributed by atoms with E-state index >= 15 is 0 Å². The number of nitro benzene ring substituents is 1. The number of anilines is 1. The van der Waals surface area contributed by atoms with Gasteiger partial charge < -0.3 is 10.2 Å². The van der Waals surface area contributed by atoms with Gasteiger partial charge in [0.1, 0.15) is 0 Å². The molecule has 0 aliphatic rings. The van der Waals surface area contributed by atoms with E-state index in [1.807, 2.05) is 13.8 Å². The quantitative estimate of drug-likeness (QED) is 0.615. The van der Waals surface area contributed by atoms with Crippen LogP contribution in [0.4, 0.5) is 11.4 Å². The van der Waals surface area contributed by atoms with E-state index in [-0.39, 0.29) is 11.6 Å². The minimum Gasteiger partial charge on any atom is -0.384 e. The number of carbonyl (C=O) groups is 1. The maximum atomic E-state index is 12.4. The van der Waals surface area contributed by atoms with Crippen LogP contribution >= 0.6 is 0 Å². The Hall–Kier alpha value is -2.11. The normalized spacial score (nSPS) is 10.2. The van der Waals surface area contributed by atoms with Crippen LogP contribution in [0, 0.1) is 10.1 Å². The van der Waals surface area contributed by atoms with Crippen LogP contribution in [-0.4, -0.2) is 35.9 Å². The second-order valence-electron chi connectivity index (χ2n) is 4.64. The van der Waals surface area contributed by atoms with Crippen LogP contribution in [0.1, 0.15) is 37.0 Å². The lowest BCUT2D eigenvalue weighted by Crippen LogP contribution is -2.28. The number of hydrogen-bond acceptors (Lipinski definition) is 4. The Bertz CT molecular complexity index is 489. The van der Waals surface area contributed by atoms with Crippen molar-refractivity contribution in [2.75, 3.05) is 25.5 Å². The molecule has 0 saturated carbocycles. The fourth-order valence-electron chi connectivity index (χ4n) is 1.88. The summed E-state index contributed by atoms with van der Waals surface area (Å²) in [6.07, 6.45) is 1.75. The van der Waals surface area contributed by atoms with E-state index < -0.39 is 4.92 Å². The molecule has 0 radical (unpaired) electrons. The molecule has 1 aromatic rings. The molecule has 1 rings (SSSR count). The van der Waals surface area contributed by atoms with Gasteiger partial charge >= 0.3 is 0 Å². The molecule has 6 heteroatoms. The molecule has 20 heavy (non-hydrogen) atoms. The van der Waals surface area contributed by atoms with E-state index in [4.69, 9.17) is 0 Å². The first-order valence-electron chi connectivity index (χ1n) is 6.79. The molecule has 0 aliphatic carbocycles. The van der Waals surface area contributed by atoms with E-state index in [1.54, 1.807) is 18.0 Å². The van der Waals surface area contributed by atoms with E-state index in [9.17, 15) is 14.9 Å². The molecule has 0 bridgehead atoms. The minimum absolute atomic E-state index is 0.0692. The van der Waals surface area contributed by atoms with E-state index in [1.165, 1.54) is 12.1 Å². The fourth-order valence-corrected chi connectivity index (χ4v) is 1.88. The molecule has 0 aliphatic heterocycles. The number of nitrogens with zero attached hydrogens (tertiary/aromatic N) is 2. The second kappa shape index (κ2) is 7.47. The molecule has 1 amide bonds. The smallest absolute Gasteiger partial charge is 0.270 e. The number of non-ortho nitro benzene ring substituents is 1. The summed E-state index contributed by atoms with van der Waals surface area (Å²) in [5, 5.41) is 14.0. The number of benzene rings is 1. The third-order valence-corrected chi connectivity index (χ3v) is 2.92. The van der Waals surface area contributed by atoms with Gasteiger partial charge in [-0.15, -0.1) is 0 Å². The summed E-state index contributed by atoms with van der Waals surface area (Å²) in [6.45, 7) is 5.33. The van der Waals surface area contributed by atoms with Crippen LogP contribution < -0.4 is 5.32 Å². The van der Waals surface area contributed by atoms with Gasteiger partial charge in [-0.1, -0.05) is 13.8 Å². The Kier molecular flexibility index (Phi) is 5.96. The van der Waals surface area contributed by atoms with Gasteiger partial charge in [-0.05, 0) is 18.9 Å². The molecular formula is C14H21N3O3. The van der Waals surface area contributed by atoms with Crippen LogP contribution in [0.3, 0.4) is 0 Å². The van der Waals surface area contributed by atoms with Crippen LogP contribution in [0.5, 0.6) is 0 Å². The maximum Gasteiger partial charge on any atom is 0.270 e. The minimum atomic E-state index is -0.486. The molecule has 110 valence electrons. The molecule has 0 unspecified atom stereocenters. The van der Waals surface area contributed by atoms with Crippen molar-refractivity contribution < 1.29 is 9.72 Å².